The summed E-state index contributed by atoms with van der Waals surface area (Å²) in [4.78, 5) is 35.9. The van der Waals surface area contributed by atoms with Crippen LogP contribution in [0.15, 0.2) is 35.7 Å². The van der Waals surface area contributed by atoms with Crippen LogP contribution in [0.2, 0.25) is 0 Å². The molecule has 0 bridgehead atoms. The highest BCUT2D eigenvalue weighted by Gasteiger charge is 2.29. The SMILES string of the molecule is CCn1c(C(=O)NCC(F)(F)F)nc2c(N=C3CCN(c4ccccn4)C3)ncnc21. The van der Waals surface area contributed by atoms with Crippen LogP contribution in [0, 0.1) is 0 Å². The number of carbonyl (C=O) groups excluding carboxylic acids is 1. The topological polar surface area (TPSA) is 101 Å². The number of anilines is 1. The van der Waals surface area contributed by atoms with Crippen molar-refractivity contribution in [3.8, 4) is 0 Å². The molecule has 4 heterocycles. The minimum atomic E-state index is -4.52. The van der Waals surface area contributed by atoms with Gasteiger partial charge < -0.3 is 14.8 Å². The molecule has 1 amide bonds. The molecule has 1 fully saturated rings. The van der Waals surface area contributed by atoms with Crippen molar-refractivity contribution in [2.24, 2.45) is 4.99 Å². The maximum Gasteiger partial charge on any atom is 0.405 e. The summed E-state index contributed by atoms with van der Waals surface area (Å²) in [5.41, 5.74) is 1.47. The third-order valence-electron chi connectivity index (χ3n) is 4.76. The Balaban J connectivity index is 1.63. The minimum Gasteiger partial charge on any atom is -0.351 e. The zero-order chi connectivity index (χ0) is 22.0. The van der Waals surface area contributed by atoms with E-state index in [1.165, 1.54) is 10.9 Å². The fourth-order valence-electron chi connectivity index (χ4n) is 3.36. The van der Waals surface area contributed by atoms with E-state index in [0.717, 1.165) is 18.1 Å². The Hall–Kier alpha value is -3.57. The van der Waals surface area contributed by atoms with Crippen molar-refractivity contribution in [2.45, 2.75) is 26.1 Å². The lowest BCUT2D eigenvalue weighted by Gasteiger charge is -2.14. The quantitative estimate of drug-likeness (QED) is 0.665. The smallest absolute Gasteiger partial charge is 0.351 e. The van der Waals surface area contributed by atoms with E-state index in [4.69, 9.17) is 0 Å². The van der Waals surface area contributed by atoms with Gasteiger partial charge in [0.15, 0.2) is 17.0 Å². The summed E-state index contributed by atoms with van der Waals surface area (Å²) < 4.78 is 38.9. The zero-order valence-corrected chi connectivity index (χ0v) is 16.6. The van der Waals surface area contributed by atoms with Crippen LogP contribution in [-0.4, -0.2) is 61.9 Å². The van der Waals surface area contributed by atoms with Gasteiger partial charge in [0.25, 0.3) is 5.91 Å². The average Bonchev–Trinajstić information content (AvgIpc) is 3.37. The number of aromatic nitrogens is 5. The number of halogens is 3. The van der Waals surface area contributed by atoms with Gasteiger partial charge in [-0.2, -0.15) is 13.2 Å². The number of fused-ring (bicyclic) bond motifs is 1. The molecule has 1 aliphatic heterocycles. The van der Waals surface area contributed by atoms with Crippen LogP contribution in [0.25, 0.3) is 11.2 Å². The highest BCUT2D eigenvalue weighted by molar-refractivity contribution is 5.98. The van der Waals surface area contributed by atoms with Crippen LogP contribution >= 0.6 is 0 Å². The van der Waals surface area contributed by atoms with Crippen LogP contribution < -0.4 is 10.2 Å². The molecule has 1 aliphatic rings. The molecule has 0 aromatic carbocycles. The third kappa shape index (κ3) is 4.47. The van der Waals surface area contributed by atoms with E-state index in [1.54, 1.807) is 13.1 Å². The summed E-state index contributed by atoms with van der Waals surface area (Å²) in [5, 5.41) is 1.85. The first-order valence-electron chi connectivity index (χ1n) is 9.64. The summed E-state index contributed by atoms with van der Waals surface area (Å²) in [5.74, 6) is 0.0302. The normalized spacial score (nSPS) is 15.7. The van der Waals surface area contributed by atoms with Gasteiger partial charge in [-0.1, -0.05) is 6.07 Å². The molecule has 3 aromatic heterocycles. The number of aryl methyl sites for hydroxylation is 1. The van der Waals surface area contributed by atoms with Gasteiger partial charge in [0.05, 0.1) is 6.54 Å². The molecule has 0 radical (unpaired) electrons. The number of nitrogens with one attached hydrogen (secondary N) is 1. The molecule has 0 atom stereocenters. The summed E-state index contributed by atoms with van der Waals surface area (Å²) in [6.07, 6.45) is -0.785. The maximum absolute atomic E-state index is 12.5. The first-order valence-corrected chi connectivity index (χ1v) is 9.64. The number of imidazole rings is 1. The number of hydrogen-bond donors (Lipinski definition) is 1. The maximum atomic E-state index is 12.5. The lowest BCUT2D eigenvalue weighted by molar-refractivity contribution is -0.123. The van der Waals surface area contributed by atoms with Crippen LogP contribution in [0.1, 0.15) is 24.0 Å². The number of aliphatic imine (C=N–C) groups is 1. The van der Waals surface area contributed by atoms with E-state index in [9.17, 15) is 18.0 Å². The molecule has 0 unspecified atom stereocenters. The lowest BCUT2D eigenvalue weighted by Crippen LogP contribution is -2.35. The Morgan fingerprint density at radius 1 is 1.26 bits per heavy atom. The number of alkyl halides is 3. The molecule has 0 saturated carbocycles. The van der Waals surface area contributed by atoms with E-state index in [1.807, 2.05) is 23.5 Å². The molecule has 12 heteroatoms. The number of carbonyl (C=O) groups is 1. The molecule has 162 valence electrons. The number of hydrogen-bond acceptors (Lipinski definition) is 7. The van der Waals surface area contributed by atoms with E-state index < -0.39 is 18.6 Å². The Labute approximate surface area is 175 Å². The van der Waals surface area contributed by atoms with Crippen LogP contribution in [0.4, 0.5) is 24.8 Å². The molecule has 3 aromatic rings. The molecular weight excluding hydrogens is 413 g/mol. The van der Waals surface area contributed by atoms with Gasteiger partial charge in [0.1, 0.15) is 18.7 Å². The zero-order valence-electron chi connectivity index (χ0n) is 16.6. The molecule has 31 heavy (non-hydrogen) atoms. The summed E-state index contributed by atoms with van der Waals surface area (Å²) in [7, 11) is 0. The second kappa shape index (κ2) is 8.28. The van der Waals surface area contributed by atoms with Gasteiger partial charge >= 0.3 is 6.18 Å². The summed E-state index contributed by atoms with van der Waals surface area (Å²) >= 11 is 0. The van der Waals surface area contributed by atoms with Crippen molar-refractivity contribution in [1.29, 1.82) is 0 Å². The Kier molecular flexibility index (Phi) is 5.53. The lowest BCUT2D eigenvalue weighted by atomic mass is 10.3. The van der Waals surface area contributed by atoms with Crippen molar-refractivity contribution in [3.63, 3.8) is 0 Å². The van der Waals surface area contributed by atoms with Crippen LogP contribution in [0.3, 0.4) is 0 Å². The molecule has 1 saturated heterocycles. The van der Waals surface area contributed by atoms with E-state index >= 15 is 0 Å². The summed E-state index contributed by atoms with van der Waals surface area (Å²) in [6, 6.07) is 5.67. The van der Waals surface area contributed by atoms with Gasteiger partial charge in [-0.05, 0) is 19.1 Å². The molecule has 9 nitrogen and oxygen atoms in total. The number of rotatable bonds is 5. The monoisotopic (exact) mass is 432 g/mol. The Morgan fingerprint density at radius 3 is 2.81 bits per heavy atom. The van der Waals surface area contributed by atoms with Crippen LogP contribution in [0.5, 0.6) is 0 Å². The van der Waals surface area contributed by atoms with Gasteiger partial charge in [-0.15, -0.1) is 0 Å². The van der Waals surface area contributed by atoms with E-state index in [0.29, 0.717) is 25.2 Å². The van der Waals surface area contributed by atoms with Crippen LogP contribution in [-0.2, 0) is 6.54 Å². The number of pyridine rings is 1. The van der Waals surface area contributed by atoms with Gasteiger partial charge in [0, 0.05) is 31.4 Å². The second-order valence-corrected chi connectivity index (χ2v) is 6.88. The largest absolute Gasteiger partial charge is 0.405 e. The Morgan fingerprint density at radius 2 is 2.10 bits per heavy atom. The van der Waals surface area contributed by atoms with Crippen molar-refractivity contribution in [2.75, 3.05) is 24.5 Å². The molecule has 0 aliphatic carbocycles. The number of amides is 1. The first kappa shape index (κ1) is 20.7. The van der Waals surface area contributed by atoms with E-state index in [2.05, 4.69) is 29.8 Å². The average molecular weight is 432 g/mol. The van der Waals surface area contributed by atoms with Gasteiger partial charge in [0.2, 0.25) is 5.82 Å². The Bertz CT molecular complexity index is 1130. The number of nitrogens with zero attached hydrogens (tertiary/aromatic N) is 7. The highest BCUT2D eigenvalue weighted by atomic mass is 19.4. The fraction of sp³-hybridized carbons (Fsp3) is 0.368. The highest BCUT2D eigenvalue weighted by Crippen LogP contribution is 2.25. The standard InChI is InChI=1S/C19H19F3N8O/c1-2-30-16-14(28-17(30)18(31)24-10-19(20,21)22)15(25-11-26-16)27-12-6-8-29(9-12)13-5-3-4-7-23-13/h3-5,7,11H,2,6,8-10H2,1H3,(H,24,31). The molecule has 4 rings (SSSR count). The van der Waals surface area contributed by atoms with Gasteiger partial charge in [-0.25, -0.2) is 24.9 Å². The van der Waals surface area contributed by atoms with Crippen molar-refractivity contribution in [3.05, 3.63) is 36.5 Å². The van der Waals surface area contributed by atoms with Crippen molar-refractivity contribution < 1.29 is 18.0 Å². The minimum absolute atomic E-state index is 0.162. The summed E-state index contributed by atoms with van der Waals surface area (Å²) in [6.45, 7) is 1.92. The predicted molar refractivity (Wildman–Crippen MR) is 108 cm³/mol. The predicted octanol–water partition coefficient (Wildman–Crippen LogP) is 2.52. The molecule has 1 N–H and O–H groups in total. The molecular formula is C19H19F3N8O. The molecule has 0 spiro atoms. The van der Waals surface area contributed by atoms with E-state index in [-0.39, 0.29) is 17.2 Å². The second-order valence-electron chi connectivity index (χ2n) is 6.88. The third-order valence-corrected chi connectivity index (χ3v) is 4.76. The first-order chi connectivity index (χ1) is 14.9. The van der Waals surface area contributed by atoms with Gasteiger partial charge in [-0.3, -0.25) is 4.79 Å². The van der Waals surface area contributed by atoms with Crippen molar-refractivity contribution in [1.82, 2.24) is 29.8 Å². The van der Waals surface area contributed by atoms with Crippen molar-refractivity contribution >= 4 is 34.4 Å². The fourth-order valence-corrected chi connectivity index (χ4v) is 3.36.